The summed E-state index contributed by atoms with van der Waals surface area (Å²) in [6.07, 6.45) is 0. The van der Waals surface area contributed by atoms with E-state index in [1.807, 2.05) is 0 Å². The Bertz CT molecular complexity index is 3110. The Labute approximate surface area is 378 Å². The lowest BCUT2D eigenvalue weighted by molar-refractivity contribution is 1.22. The molecule has 0 aliphatic carbocycles. The summed E-state index contributed by atoms with van der Waals surface area (Å²) in [6, 6.07) is 76.0. The standard InChI is InChI=1S/C62H52N2/c1-41-21-31-55(32-22-41)63(61-43(3)13-11-19-57(61)53-27-25-47-15-7-9-17-49(47)39-53)59-35-29-51(37-45(59)5)52-30-36-60(46(6)38-52)64(56-33-23-42(2)24-34-56)62-44(4)14-12-20-58(62)54-28-26-48-16-8-10-18-50(48)40-54/h7-40H,1-6H3. The fourth-order valence-corrected chi connectivity index (χ4v) is 9.43. The van der Waals surface area contributed by atoms with Crippen LogP contribution < -0.4 is 9.80 Å². The van der Waals surface area contributed by atoms with Crippen molar-refractivity contribution in [1.82, 2.24) is 0 Å². The van der Waals surface area contributed by atoms with Crippen LogP contribution in [0.1, 0.15) is 33.4 Å². The third-order valence-electron chi connectivity index (χ3n) is 12.8. The van der Waals surface area contributed by atoms with Crippen LogP contribution in [0.5, 0.6) is 0 Å². The van der Waals surface area contributed by atoms with Gasteiger partial charge in [-0.3, -0.25) is 0 Å². The number of aryl methyl sites for hydroxylation is 6. The molecule has 10 aromatic rings. The molecular formula is C62H52N2. The van der Waals surface area contributed by atoms with Crippen LogP contribution in [0.2, 0.25) is 0 Å². The van der Waals surface area contributed by atoms with E-state index in [1.54, 1.807) is 0 Å². The zero-order valence-corrected chi connectivity index (χ0v) is 37.5. The van der Waals surface area contributed by atoms with Crippen molar-refractivity contribution in [2.75, 3.05) is 9.80 Å². The minimum atomic E-state index is 1.13. The molecule has 0 atom stereocenters. The molecule has 10 rings (SSSR count). The van der Waals surface area contributed by atoms with Gasteiger partial charge in [-0.2, -0.15) is 0 Å². The van der Waals surface area contributed by atoms with Gasteiger partial charge in [0.15, 0.2) is 0 Å². The number of anilines is 6. The van der Waals surface area contributed by atoms with E-state index in [0.29, 0.717) is 0 Å². The molecule has 0 fully saturated rings. The molecule has 2 nitrogen and oxygen atoms in total. The van der Waals surface area contributed by atoms with Gasteiger partial charge < -0.3 is 9.80 Å². The summed E-state index contributed by atoms with van der Waals surface area (Å²) in [6.45, 7) is 13.3. The summed E-state index contributed by atoms with van der Waals surface area (Å²) < 4.78 is 0. The molecule has 0 aromatic heterocycles. The Morgan fingerprint density at radius 2 is 0.641 bits per heavy atom. The largest absolute Gasteiger partial charge is 0.309 e. The lowest BCUT2D eigenvalue weighted by atomic mass is 9.94. The molecule has 10 aromatic carbocycles. The van der Waals surface area contributed by atoms with E-state index in [4.69, 9.17) is 0 Å². The molecule has 0 bridgehead atoms. The number of para-hydroxylation sites is 2. The van der Waals surface area contributed by atoms with Crippen molar-refractivity contribution in [3.8, 4) is 33.4 Å². The second-order valence-electron chi connectivity index (χ2n) is 17.4. The van der Waals surface area contributed by atoms with Crippen LogP contribution in [-0.4, -0.2) is 0 Å². The van der Waals surface area contributed by atoms with Crippen LogP contribution in [0.25, 0.3) is 54.9 Å². The topological polar surface area (TPSA) is 6.48 Å². The monoisotopic (exact) mass is 824 g/mol. The number of rotatable bonds is 9. The number of fused-ring (bicyclic) bond motifs is 2. The highest BCUT2D eigenvalue weighted by Crippen LogP contribution is 2.47. The highest BCUT2D eigenvalue weighted by molar-refractivity contribution is 5.97. The summed E-state index contributed by atoms with van der Waals surface area (Å²) in [5.41, 5.74) is 21.5. The maximum absolute atomic E-state index is 2.46. The highest BCUT2D eigenvalue weighted by atomic mass is 15.2. The van der Waals surface area contributed by atoms with E-state index >= 15 is 0 Å². The molecule has 0 aliphatic rings. The third kappa shape index (κ3) is 7.62. The SMILES string of the molecule is Cc1ccc(N(c2ccc(-c3ccc(N(c4ccc(C)cc4)c4c(C)cccc4-c4ccc5ccccc5c4)c(C)c3)cc2C)c2c(C)cccc2-c2ccc3ccccc3c2)cc1. The van der Waals surface area contributed by atoms with E-state index in [2.05, 4.69) is 258 Å². The van der Waals surface area contributed by atoms with Gasteiger partial charge >= 0.3 is 0 Å². The van der Waals surface area contributed by atoms with Gasteiger partial charge in [-0.05, 0) is 168 Å². The Balaban J connectivity index is 1.07. The summed E-state index contributed by atoms with van der Waals surface area (Å²) >= 11 is 0. The van der Waals surface area contributed by atoms with Crippen molar-refractivity contribution in [1.29, 1.82) is 0 Å². The van der Waals surface area contributed by atoms with Crippen molar-refractivity contribution in [2.45, 2.75) is 41.5 Å². The lowest BCUT2D eigenvalue weighted by Gasteiger charge is -2.31. The molecular weight excluding hydrogens is 773 g/mol. The van der Waals surface area contributed by atoms with Crippen LogP contribution in [0.4, 0.5) is 34.1 Å². The second-order valence-corrected chi connectivity index (χ2v) is 17.4. The van der Waals surface area contributed by atoms with Crippen molar-refractivity contribution >= 4 is 55.7 Å². The van der Waals surface area contributed by atoms with Crippen LogP contribution in [0.15, 0.2) is 206 Å². The van der Waals surface area contributed by atoms with E-state index in [-0.39, 0.29) is 0 Å². The Morgan fingerprint density at radius 3 is 1.03 bits per heavy atom. The minimum absolute atomic E-state index is 1.13. The molecule has 2 heteroatoms. The fourth-order valence-electron chi connectivity index (χ4n) is 9.43. The lowest BCUT2D eigenvalue weighted by Crippen LogP contribution is -2.14. The first-order valence-corrected chi connectivity index (χ1v) is 22.3. The van der Waals surface area contributed by atoms with Gasteiger partial charge in [-0.15, -0.1) is 0 Å². The number of hydrogen-bond donors (Lipinski definition) is 0. The smallest absolute Gasteiger partial charge is 0.0569 e. The predicted molar refractivity (Wildman–Crippen MR) is 276 cm³/mol. The predicted octanol–water partition coefficient (Wildman–Crippen LogP) is 17.8. The zero-order valence-electron chi connectivity index (χ0n) is 37.5. The molecule has 310 valence electrons. The number of nitrogens with zero attached hydrogens (tertiary/aromatic N) is 2. The molecule has 0 radical (unpaired) electrons. The van der Waals surface area contributed by atoms with Crippen LogP contribution in [-0.2, 0) is 0 Å². The first-order valence-electron chi connectivity index (χ1n) is 22.3. The van der Waals surface area contributed by atoms with E-state index in [1.165, 1.54) is 99.7 Å². The average Bonchev–Trinajstić information content (AvgIpc) is 3.31. The van der Waals surface area contributed by atoms with Crippen molar-refractivity contribution < 1.29 is 0 Å². The van der Waals surface area contributed by atoms with Crippen LogP contribution in [0, 0.1) is 41.5 Å². The fraction of sp³-hybridized carbons (Fsp3) is 0.0968. The van der Waals surface area contributed by atoms with Crippen molar-refractivity contribution in [2.24, 2.45) is 0 Å². The Morgan fingerprint density at radius 1 is 0.266 bits per heavy atom. The van der Waals surface area contributed by atoms with Gasteiger partial charge in [-0.1, -0.05) is 157 Å². The van der Waals surface area contributed by atoms with Gasteiger partial charge in [0.1, 0.15) is 0 Å². The molecule has 0 N–H and O–H groups in total. The molecule has 0 spiro atoms. The van der Waals surface area contributed by atoms with Crippen molar-refractivity contribution in [3.63, 3.8) is 0 Å². The summed E-state index contributed by atoms with van der Waals surface area (Å²) in [7, 11) is 0. The van der Waals surface area contributed by atoms with E-state index in [0.717, 1.165) is 22.7 Å². The molecule has 0 saturated carbocycles. The molecule has 64 heavy (non-hydrogen) atoms. The average molecular weight is 825 g/mol. The van der Waals surface area contributed by atoms with E-state index < -0.39 is 0 Å². The number of hydrogen-bond acceptors (Lipinski definition) is 2. The second kappa shape index (κ2) is 16.9. The summed E-state index contributed by atoms with van der Waals surface area (Å²) in [5, 5.41) is 4.97. The van der Waals surface area contributed by atoms with Gasteiger partial charge in [0.2, 0.25) is 0 Å². The van der Waals surface area contributed by atoms with Gasteiger partial charge in [0.25, 0.3) is 0 Å². The quantitative estimate of drug-likeness (QED) is 0.143. The van der Waals surface area contributed by atoms with Gasteiger partial charge in [-0.25, -0.2) is 0 Å². The normalized spacial score (nSPS) is 11.3. The maximum atomic E-state index is 2.46. The maximum Gasteiger partial charge on any atom is 0.0569 e. The number of benzene rings is 10. The molecule has 0 heterocycles. The minimum Gasteiger partial charge on any atom is -0.309 e. The summed E-state index contributed by atoms with van der Waals surface area (Å²) in [4.78, 5) is 4.92. The molecule has 0 unspecified atom stereocenters. The third-order valence-corrected chi connectivity index (χ3v) is 12.8. The Hall–Kier alpha value is -7.68. The zero-order chi connectivity index (χ0) is 43.9. The molecule has 0 amide bonds. The first kappa shape index (κ1) is 40.4. The van der Waals surface area contributed by atoms with Crippen LogP contribution >= 0.6 is 0 Å². The van der Waals surface area contributed by atoms with Crippen LogP contribution in [0.3, 0.4) is 0 Å². The molecule has 0 aliphatic heterocycles. The van der Waals surface area contributed by atoms with Crippen molar-refractivity contribution in [3.05, 3.63) is 240 Å². The van der Waals surface area contributed by atoms with Gasteiger partial charge in [0, 0.05) is 33.9 Å². The molecule has 0 saturated heterocycles. The van der Waals surface area contributed by atoms with Gasteiger partial charge in [0.05, 0.1) is 11.4 Å². The first-order chi connectivity index (χ1) is 31.2. The summed E-state index contributed by atoms with van der Waals surface area (Å²) in [5.74, 6) is 0. The van der Waals surface area contributed by atoms with E-state index in [9.17, 15) is 0 Å². The Kier molecular flexibility index (Phi) is 10.7. The highest BCUT2D eigenvalue weighted by Gasteiger charge is 2.24.